The van der Waals surface area contributed by atoms with E-state index in [4.69, 9.17) is 0 Å². The van der Waals surface area contributed by atoms with Gasteiger partial charge in [-0.3, -0.25) is 0 Å². The summed E-state index contributed by atoms with van der Waals surface area (Å²) in [5.41, 5.74) is 1.71. The van der Waals surface area contributed by atoms with Gasteiger partial charge in [-0.1, -0.05) is 18.2 Å². The van der Waals surface area contributed by atoms with Crippen molar-refractivity contribution in [1.29, 1.82) is 0 Å². The Morgan fingerprint density at radius 1 is 1.26 bits per heavy atom. The Morgan fingerprint density at radius 2 is 2.00 bits per heavy atom. The maximum absolute atomic E-state index is 13.3. The highest BCUT2D eigenvalue weighted by atomic mass is 19.1. The minimum absolute atomic E-state index is 0.0796. The summed E-state index contributed by atoms with van der Waals surface area (Å²) >= 11 is 0. The molecule has 0 bridgehead atoms. The Morgan fingerprint density at radius 3 is 2.63 bits per heavy atom. The van der Waals surface area contributed by atoms with Gasteiger partial charge in [0, 0.05) is 0 Å². The highest BCUT2D eigenvalue weighted by Gasteiger charge is 2.18. The summed E-state index contributed by atoms with van der Waals surface area (Å²) in [7, 11) is 1.24. The van der Waals surface area contributed by atoms with Gasteiger partial charge in [0.15, 0.2) is 0 Å². The van der Waals surface area contributed by atoms with Gasteiger partial charge in [-0.2, -0.15) is 0 Å². The van der Waals surface area contributed by atoms with Crippen molar-refractivity contribution in [3.8, 4) is 16.9 Å². The average molecular weight is 260 g/mol. The molecular formula is C15H13FO3. The Balaban J connectivity index is 2.65. The number of aromatic hydroxyl groups is 1. The van der Waals surface area contributed by atoms with Crippen molar-refractivity contribution in [3.63, 3.8) is 0 Å². The van der Waals surface area contributed by atoms with E-state index in [0.29, 0.717) is 16.7 Å². The number of ether oxygens (including phenoxy) is 1. The van der Waals surface area contributed by atoms with Crippen molar-refractivity contribution in [2.24, 2.45) is 0 Å². The smallest absolute Gasteiger partial charge is 0.342 e. The van der Waals surface area contributed by atoms with Gasteiger partial charge in [-0.25, -0.2) is 9.18 Å². The van der Waals surface area contributed by atoms with Crippen LogP contribution < -0.4 is 0 Å². The van der Waals surface area contributed by atoms with Crippen LogP contribution in [0.3, 0.4) is 0 Å². The molecule has 0 saturated heterocycles. The van der Waals surface area contributed by atoms with Crippen LogP contribution in [0.1, 0.15) is 15.9 Å². The van der Waals surface area contributed by atoms with Crippen LogP contribution in [-0.2, 0) is 4.74 Å². The van der Waals surface area contributed by atoms with Gasteiger partial charge in [-0.05, 0) is 41.8 Å². The van der Waals surface area contributed by atoms with Crippen LogP contribution in [0.15, 0.2) is 36.4 Å². The zero-order chi connectivity index (χ0) is 14.0. The van der Waals surface area contributed by atoms with Crippen LogP contribution in [0, 0.1) is 12.7 Å². The van der Waals surface area contributed by atoms with Crippen LogP contribution in [0.25, 0.3) is 11.1 Å². The first-order valence-electron chi connectivity index (χ1n) is 5.71. The van der Waals surface area contributed by atoms with E-state index in [1.54, 1.807) is 31.2 Å². The third kappa shape index (κ3) is 2.42. The van der Waals surface area contributed by atoms with Crippen molar-refractivity contribution in [2.45, 2.75) is 6.92 Å². The molecule has 2 aromatic carbocycles. The number of hydrogen-bond acceptors (Lipinski definition) is 3. The molecule has 1 N–H and O–H groups in total. The van der Waals surface area contributed by atoms with E-state index in [1.165, 1.54) is 19.2 Å². The van der Waals surface area contributed by atoms with E-state index in [9.17, 15) is 14.3 Å². The monoisotopic (exact) mass is 260 g/mol. The summed E-state index contributed by atoms with van der Waals surface area (Å²) in [6, 6.07) is 9.22. The van der Waals surface area contributed by atoms with E-state index in [2.05, 4.69) is 4.74 Å². The lowest BCUT2D eigenvalue weighted by molar-refractivity contribution is 0.0598. The Hall–Kier alpha value is -2.36. The number of phenolic OH excluding ortho intramolecular Hbond substituents is 1. The Kier molecular flexibility index (Phi) is 3.51. The Labute approximate surface area is 110 Å². The molecule has 0 aliphatic heterocycles. The maximum atomic E-state index is 13.3. The number of esters is 1. The number of carbonyl (C=O) groups is 1. The van der Waals surface area contributed by atoms with Gasteiger partial charge < -0.3 is 9.84 Å². The minimum Gasteiger partial charge on any atom is -0.507 e. The quantitative estimate of drug-likeness (QED) is 0.843. The molecule has 0 unspecified atom stereocenters. The molecule has 2 aromatic rings. The number of aryl methyl sites for hydroxylation is 1. The highest BCUT2D eigenvalue weighted by Crippen LogP contribution is 2.31. The standard InChI is InChI=1S/C15H13FO3/c1-9-8-10(6-7-12(9)16)11-4-3-5-13(17)14(11)15(18)19-2/h3-8,17H,1-2H3. The first-order valence-corrected chi connectivity index (χ1v) is 5.71. The zero-order valence-corrected chi connectivity index (χ0v) is 10.6. The predicted octanol–water partition coefficient (Wildman–Crippen LogP) is 3.29. The second kappa shape index (κ2) is 5.10. The van der Waals surface area contributed by atoms with E-state index in [1.807, 2.05) is 0 Å². The molecule has 0 aliphatic carbocycles. The summed E-state index contributed by atoms with van der Waals surface area (Å²) in [5.74, 6) is -1.11. The van der Waals surface area contributed by atoms with Gasteiger partial charge in [0.1, 0.15) is 17.1 Å². The van der Waals surface area contributed by atoms with E-state index >= 15 is 0 Å². The van der Waals surface area contributed by atoms with Gasteiger partial charge in [0.25, 0.3) is 0 Å². The molecule has 0 aromatic heterocycles. The van der Waals surface area contributed by atoms with Crippen LogP contribution >= 0.6 is 0 Å². The minimum atomic E-state index is -0.630. The third-order valence-electron chi connectivity index (χ3n) is 2.90. The van der Waals surface area contributed by atoms with E-state index in [0.717, 1.165) is 0 Å². The maximum Gasteiger partial charge on any atom is 0.342 e. The van der Waals surface area contributed by atoms with Crippen LogP contribution in [-0.4, -0.2) is 18.2 Å². The van der Waals surface area contributed by atoms with Crippen LogP contribution in [0.5, 0.6) is 5.75 Å². The SMILES string of the molecule is COC(=O)c1c(O)cccc1-c1ccc(F)c(C)c1. The average Bonchev–Trinajstić information content (AvgIpc) is 2.41. The summed E-state index contributed by atoms with van der Waals surface area (Å²) < 4.78 is 17.9. The lowest BCUT2D eigenvalue weighted by Gasteiger charge is -2.10. The van der Waals surface area contributed by atoms with Crippen molar-refractivity contribution in [2.75, 3.05) is 7.11 Å². The van der Waals surface area contributed by atoms with Crippen LogP contribution in [0.2, 0.25) is 0 Å². The lowest BCUT2D eigenvalue weighted by atomic mass is 9.97. The molecule has 0 fully saturated rings. The van der Waals surface area contributed by atoms with Crippen molar-refractivity contribution >= 4 is 5.97 Å². The lowest BCUT2D eigenvalue weighted by Crippen LogP contribution is -2.04. The molecule has 0 atom stereocenters. The third-order valence-corrected chi connectivity index (χ3v) is 2.90. The molecule has 2 rings (SSSR count). The van der Waals surface area contributed by atoms with Gasteiger partial charge in [-0.15, -0.1) is 0 Å². The number of carbonyl (C=O) groups excluding carboxylic acids is 1. The number of phenols is 1. The molecule has 3 nitrogen and oxygen atoms in total. The second-order valence-electron chi connectivity index (χ2n) is 4.16. The molecular weight excluding hydrogens is 247 g/mol. The first kappa shape index (κ1) is 13.1. The number of methoxy groups -OCH3 is 1. The number of rotatable bonds is 2. The fourth-order valence-corrected chi connectivity index (χ4v) is 1.91. The van der Waals surface area contributed by atoms with Gasteiger partial charge in [0.05, 0.1) is 7.11 Å². The summed E-state index contributed by atoms with van der Waals surface area (Å²) in [6.45, 7) is 1.64. The second-order valence-corrected chi connectivity index (χ2v) is 4.16. The number of benzene rings is 2. The topological polar surface area (TPSA) is 46.5 Å². The number of hydrogen-bond donors (Lipinski definition) is 1. The first-order chi connectivity index (χ1) is 9.04. The van der Waals surface area contributed by atoms with Crippen molar-refractivity contribution in [3.05, 3.63) is 53.3 Å². The van der Waals surface area contributed by atoms with E-state index < -0.39 is 5.97 Å². The van der Waals surface area contributed by atoms with Crippen LogP contribution in [0.4, 0.5) is 4.39 Å². The molecule has 19 heavy (non-hydrogen) atoms. The largest absolute Gasteiger partial charge is 0.507 e. The highest BCUT2D eigenvalue weighted by molar-refractivity contribution is 6.00. The molecule has 98 valence electrons. The van der Waals surface area contributed by atoms with Gasteiger partial charge >= 0.3 is 5.97 Å². The molecule has 0 spiro atoms. The molecule has 0 aliphatic rings. The Bertz CT molecular complexity index is 635. The molecule has 0 amide bonds. The fourth-order valence-electron chi connectivity index (χ4n) is 1.91. The molecule has 0 radical (unpaired) electrons. The van der Waals surface area contributed by atoms with Gasteiger partial charge in [0.2, 0.25) is 0 Å². The molecule has 4 heteroatoms. The van der Waals surface area contributed by atoms with E-state index in [-0.39, 0.29) is 17.1 Å². The molecule has 0 saturated carbocycles. The van der Waals surface area contributed by atoms with Crippen molar-refractivity contribution < 1.29 is 19.0 Å². The molecule has 0 heterocycles. The fraction of sp³-hybridized carbons (Fsp3) is 0.133. The normalized spacial score (nSPS) is 10.3. The summed E-state index contributed by atoms with van der Waals surface area (Å²) in [5, 5.41) is 9.80. The predicted molar refractivity (Wildman–Crippen MR) is 69.6 cm³/mol. The summed E-state index contributed by atoms with van der Waals surface area (Å²) in [4.78, 5) is 11.7. The van der Waals surface area contributed by atoms with Crippen molar-refractivity contribution in [1.82, 2.24) is 0 Å². The summed E-state index contributed by atoms with van der Waals surface area (Å²) in [6.07, 6.45) is 0. The number of halogens is 1. The zero-order valence-electron chi connectivity index (χ0n) is 10.6.